The molecule has 21 heavy (non-hydrogen) atoms. The van der Waals surface area contributed by atoms with E-state index in [1.54, 1.807) is 12.3 Å². The summed E-state index contributed by atoms with van der Waals surface area (Å²) >= 11 is 5.99. The minimum atomic E-state index is -0.847. The molecule has 1 aromatic rings. The fourth-order valence-electron chi connectivity index (χ4n) is 3.06. The van der Waals surface area contributed by atoms with Gasteiger partial charge in [0.1, 0.15) is 0 Å². The van der Waals surface area contributed by atoms with E-state index in [1.165, 1.54) is 0 Å². The summed E-state index contributed by atoms with van der Waals surface area (Å²) in [5, 5.41) is 12.1. The first kappa shape index (κ1) is 15.8. The van der Waals surface area contributed by atoms with Gasteiger partial charge in [-0.15, -0.1) is 0 Å². The number of nitrogens with one attached hydrogen (secondary N) is 1. The minimum absolute atomic E-state index is 0.0418. The molecule has 6 heteroatoms. The zero-order valence-corrected chi connectivity index (χ0v) is 12.7. The fraction of sp³-hybridized carbons (Fsp3) is 0.533. The Morgan fingerprint density at radius 3 is 2.62 bits per heavy atom. The summed E-state index contributed by atoms with van der Waals surface area (Å²) in [6.07, 6.45) is 5.36. The van der Waals surface area contributed by atoms with Gasteiger partial charge in [0.25, 0.3) is 0 Å². The Morgan fingerprint density at radius 2 is 2.05 bits per heavy atom. The van der Waals surface area contributed by atoms with Gasteiger partial charge in [-0.1, -0.05) is 24.4 Å². The SMILES string of the molecule is Cc1ccnc(Cl)c1NC(=O)CC1(CC(=O)O)CCCC1. The number of hydrogen-bond donors (Lipinski definition) is 2. The standard InChI is InChI=1S/C15H19ClN2O3/c1-10-4-7-17-14(16)13(10)18-11(19)8-15(9-12(20)21)5-2-3-6-15/h4,7H,2-3,5-6,8-9H2,1H3,(H,18,19)(H,20,21). The van der Waals surface area contributed by atoms with Crippen LogP contribution in [-0.2, 0) is 9.59 Å². The third-order valence-corrected chi connectivity index (χ3v) is 4.39. The number of nitrogens with zero attached hydrogens (tertiary/aromatic N) is 1. The number of aromatic nitrogens is 1. The van der Waals surface area contributed by atoms with Crippen molar-refractivity contribution in [2.24, 2.45) is 5.41 Å². The highest BCUT2D eigenvalue weighted by atomic mass is 35.5. The van der Waals surface area contributed by atoms with Gasteiger partial charge in [0.05, 0.1) is 12.1 Å². The van der Waals surface area contributed by atoms with Crippen LogP contribution in [0.4, 0.5) is 5.69 Å². The number of amides is 1. The highest BCUT2D eigenvalue weighted by molar-refractivity contribution is 6.32. The number of halogens is 1. The van der Waals surface area contributed by atoms with Crippen molar-refractivity contribution in [3.05, 3.63) is 23.0 Å². The van der Waals surface area contributed by atoms with Gasteiger partial charge in [-0.3, -0.25) is 9.59 Å². The van der Waals surface area contributed by atoms with Crippen LogP contribution in [0.25, 0.3) is 0 Å². The number of pyridine rings is 1. The Morgan fingerprint density at radius 1 is 1.38 bits per heavy atom. The Bertz CT molecular complexity index is 534. The van der Waals surface area contributed by atoms with Crippen molar-refractivity contribution in [1.82, 2.24) is 4.98 Å². The van der Waals surface area contributed by atoms with E-state index < -0.39 is 11.4 Å². The lowest BCUT2D eigenvalue weighted by Crippen LogP contribution is -2.28. The molecule has 1 heterocycles. The highest BCUT2D eigenvalue weighted by Crippen LogP contribution is 2.44. The van der Waals surface area contributed by atoms with Gasteiger partial charge in [-0.05, 0) is 36.8 Å². The van der Waals surface area contributed by atoms with Crippen molar-refractivity contribution < 1.29 is 14.7 Å². The van der Waals surface area contributed by atoms with Crippen molar-refractivity contribution in [1.29, 1.82) is 0 Å². The Labute approximate surface area is 128 Å². The zero-order valence-electron chi connectivity index (χ0n) is 12.0. The molecule has 1 fully saturated rings. The second-order valence-corrected chi connectivity index (χ2v) is 6.15. The number of carboxylic acids is 1. The minimum Gasteiger partial charge on any atom is -0.481 e. The molecule has 1 aromatic heterocycles. The maximum atomic E-state index is 12.3. The predicted octanol–water partition coefficient (Wildman–Crippen LogP) is 3.41. The maximum absolute atomic E-state index is 12.3. The van der Waals surface area contributed by atoms with E-state index >= 15 is 0 Å². The monoisotopic (exact) mass is 310 g/mol. The van der Waals surface area contributed by atoms with Gasteiger partial charge in [0, 0.05) is 12.6 Å². The van der Waals surface area contributed by atoms with Crippen molar-refractivity contribution in [3.63, 3.8) is 0 Å². The summed E-state index contributed by atoms with van der Waals surface area (Å²) < 4.78 is 0. The number of aliphatic carboxylic acids is 1. The first-order chi connectivity index (χ1) is 9.92. The molecule has 1 amide bonds. The molecule has 2 N–H and O–H groups in total. The average Bonchev–Trinajstić information content (AvgIpc) is 2.81. The first-order valence-corrected chi connectivity index (χ1v) is 7.42. The molecule has 0 saturated heterocycles. The van der Waals surface area contributed by atoms with Crippen LogP contribution in [0.15, 0.2) is 12.3 Å². The van der Waals surface area contributed by atoms with Gasteiger partial charge >= 0.3 is 5.97 Å². The first-order valence-electron chi connectivity index (χ1n) is 7.05. The summed E-state index contributed by atoms with van der Waals surface area (Å²) in [5.74, 6) is -1.04. The number of hydrogen-bond acceptors (Lipinski definition) is 3. The average molecular weight is 311 g/mol. The second-order valence-electron chi connectivity index (χ2n) is 5.80. The highest BCUT2D eigenvalue weighted by Gasteiger charge is 2.38. The smallest absolute Gasteiger partial charge is 0.303 e. The van der Waals surface area contributed by atoms with Crippen LogP contribution < -0.4 is 5.32 Å². The topological polar surface area (TPSA) is 79.3 Å². The van der Waals surface area contributed by atoms with E-state index in [0.717, 1.165) is 31.2 Å². The molecule has 1 aliphatic carbocycles. The number of carbonyl (C=O) groups excluding carboxylic acids is 1. The van der Waals surface area contributed by atoms with Crippen LogP contribution in [0.1, 0.15) is 44.1 Å². The summed E-state index contributed by atoms with van der Waals surface area (Å²) in [6.45, 7) is 1.84. The van der Waals surface area contributed by atoms with Crippen LogP contribution in [0.2, 0.25) is 5.15 Å². The second kappa shape index (κ2) is 6.43. The molecule has 0 aromatic carbocycles. The molecule has 0 spiro atoms. The van der Waals surface area contributed by atoms with Gasteiger partial charge < -0.3 is 10.4 Å². The molecule has 0 aliphatic heterocycles. The molecule has 1 saturated carbocycles. The Kier molecular flexibility index (Phi) is 4.83. The van der Waals surface area contributed by atoms with Crippen molar-refractivity contribution in [3.8, 4) is 0 Å². The van der Waals surface area contributed by atoms with Crippen molar-refractivity contribution >= 4 is 29.2 Å². The lowest BCUT2D eigenvalue weighted by Gasteiger charge is -2.26. The van der Waals surface area contributed by atoms with E-state index in [4.69, 9.17) is 16.7 Å². The summed E-state index contributed by atoms with van der Waals surface area (Å²) in [5.41, 5.74) is 0.924. The van der Waals surface area contributed by atoms with E-state index in [2.05, 4.69) is 10.3 Å². The lowest BCUT2D eigenvalue weighted by molar-refractivity contribution is -0.140. The summed E-state index contributed by atoms with van der Waals surface area (Å²) in [6, 6.07) is 1.77. The van der Waals surface area contributed by atoms with E-state index in [9.17, 15) is 9.59 Å². The van der Waals surface area contributed by atoms with Crippen LogP contribution in [-0.4, -0.2) is 22.0 Å². The van der Waals surface area contributed by atoms with Crippen LogP contribution in [0.3, 0.4) is 0 Å². The number of carboxylic acid groups (broad SMARTS) is 1. The summed E-state index contributed by atoms with van der Waals surface area (Å²) in [7, 11) is 0. The van der Waals surface area contributed by atoms with Crippen molar-refractivity contribution in [2.45, 2.75) is 45.4 Å². The van der Waals surface area contributed by atoms with Crippen LogP contribution >= 0.6 is 11.6 Å². The normalized spacial score (nSPS) is 16.7. The summed E-state index contributed by atoms with van der Waals surface area (Å²) in [4.78, 5) is 27.3. The third kappa shape index (κ3) is 3.94. The van der Waals surface area contributed by atoms with Gasteiger partial charge in [-0.25, -0.2) is 4.98 Å². The zero-order chi connectivity index (χ0) is 15.5. The van der Waals surface area contributed by atoms with Crippen LogP contribution in [0.5, 0.6) is 0 Å². The van der Waals surface area contributed by atoms with Gasteiger partial charge in [-0.2, -0.15) is 0 Å². The molecule has 114 valence electrons. The van der Waals surface area contributed by atoms with Crippen molar-refractivity contribution in [2.75, 3.05) is 5.32 Å². The molecule has 1 aliphatic rings. The molecular weight excluding hydrogens is 292 g/mol. The van der Waals surface area contributed by atoms with E-state index in [0.29, 0.717) is 5.69 Å². The number of anilines is 1. The van der Waals surface area contributed by atoms with Gasteiger partial charge in [0.2, 0.25) is 5.91 Å². The lowest BCUT2D eigenvalue weighted by atomic mass is 9.79. The largest absolute Gasteiger partial charge is 0.481 e. The molecule has 0 atom stereocenters. The number of rotatable bonds is 5. The fourth-order valence-corrected chi connectivity index (χ4v) is 3.31. The third-order valence-electron chi connectivity index (χ3n) is 4.10. The quantitative estimate of drug-likeness (QED) is 0.817. The molecule has 0 unspecified atom stereocenters. The molecule has 0 radical (unpaired) electrons. The number of aryl methyl sites for hydroxylation is 1. The Balaban J connectivity index is 2.08. The van der Waals surface area contributed by atoms with E-state index in [-0.39, 0.29) is 23.9 Å². The Hall–Kier alpha value is -1.62. The maximum Gasteiger partial charge on any atom is 0.303 e. The van der Waals surface area contributed by atoms with Gasteiger partial charge in [0.15, 0.2) is 5.15 Å². The predicted molar refractivity (Wildman–Crippen MR) is 80.4 cm³/mol. The van der Waals surface area contributed by atoms with Crippen LogP contribution in [0, 0.1) is 12.3 Å². The molecule has 0 bridgehead atoms. The molecular formula is C15H19ClN2O3. The van der Waals surface area contributed by atoms with E-state index in [1.807, 2.05) is 6.92 Å². The number of carbonyl (C=O) groups is 2. The molecule has 5 nitrogen and oxygen atoms in total. The molecule has 2 rings (SSSR count).